The third-order valence-electron chi connectivity index (χ3n) is 6.19. The molecular formula is C32H32Cl4N2O. The summed E-state index contributed by atoms with van der Waals surface area (Å²) in [5.74, 6) is -0.00119. The highest BCUT2D eigenvalue weighted by atomic mass is 35.5. The molecule has 3 nitrogen and oxygen atoms in total. The number of carbonyl (C=O) groups is 1. The molecule has 0 atom stereocenters. The van der Waals surface area contributed by atoms with Gasteiger partial charge in [-0.05, 0) is 84.9 Å². The van der Waals surface area contributed by atoms with Crippen LogP contribution in [0.15, 0.2) is 97.1 Å². The van der Waals surface area contributed by atoms with Crippen molar-refractivity contribution in [3.63, 3.8) is 0 Å². The van der Waals surface area contributed by atoms with Crippen LogP contribution < -0.4 is 0 Å². The van der Waals surface area contributed by atoms with Crippen LogP contribution in [0.5, 0.6) is 0 Å². The van der Waals surface area contributed by atoms with Crippen molar-refractivity contribution in [3.05, 3.63) is 139 Å². The lowest BCUT2D eigenvalue weighted by Gasteiger charge is -2.22. The Morgan fingerprint density at radius 3 is 1.08 bits per heavy atom. The Balaban J connectivity index is 0.000000216. The van der Waals surface area contributed by atoms with Crippen molar-refractivity contribution >= 4 is 52.3 Å². The van der Waals surface area contributed by atoms with Gasteiger partial charge in [0.15, 0.2) is 0 Å². The highest BCUT2D eigenvalue weighted by Crippen LogP contribution is 2.29. The van der Waals surface area contributed by atoms with E-state index < -0.39 is 0 Å². The van der Waals surface area contributed by atoms with Gasteiger partial charge in [-0.25, -0.2) is 0 Å². The number of halogens is 4. The Bertz CT molecular complexity index is 1230. The van der Waals surface area contributed by atoms with Crippen molar-refractivity contribution in [1.29, 1.82) is 0 Å². The predicted octanol–water partition coefficient (Wildman–Crippen LogP) is 8.90. The molecule has 0 fully saturated rings. The van der Waals surface area contributed by atoms with Crippen LogP contribution in [0.3, 0.4) is 0 Å². The molecule has 0 heterocycles. The molecule has 0 aromatic heterocycles. The fourth-order valence-electron chi connectivity index (χ4n) is 4.20. The van der Waals surface area contributed by atoms with Gasteiger partial charge in [0.2, 0.25) is 5.91 Å². The number of likely N-dealkylation sites (N-methyl/N-ethyl adjacent to an activating group) is 2. The molecule has 204 valence electrons. The van der Waals surface area contributed by atoms with Gasteiger partial charge in [0.1, 0.15) is 0 Å². The van der Waals surface area contributed by atoms with Gasteiger partial charge in [-0.15, -0.1) is 0 Å². The van der Waals surface area contributed by atoms with Crippen LogP contribution in [-0.4, -0.2) is 50.4 Å². The Morgan fingerprint density at radius 2 is 0.821 bits per heavy atom. The fourth-order valence-corrected chi connectivity index (χ4v) is 4.71. The molecule has 0 bridgehead atoms. The van der Waals surface area contributed by atoms with E-state index in [0.29, 0.717) is 16.0 Å². The van der Waals surface area contributed by atoms with Crippen LogP contribution in [0.4, 0.5) is 0 Å². The van der Waals surface area contributed by atoms with Crippen LogP contribution >= 0.6 is 46.4 Å². The second kappa shape index (κ2) is 14.7. The van der Waals surface area contributed by atoms with Crippen molar-refractivity contribution < 1.29 is 4.79 Å². The maximum atomic E-state index is 12.5. The van der Waals surface area contributed by atoms with Crippen LogP contribution in [0.2, 0.25) is 20.1 Å². The molecule has 4 aromatic rings. The summed E-state index contributed by atoms with van der Waals surface area (Å²) < 4.78 is 0. The van der Waals surface area contributed by atoms with Crippen molar-refractivity contribution in [1.82, 2.24) is 9.80 Å². The topological polar surface area (TPSA) is 23.6 Å². The maximum absolute atomic E-state index is 12.5. The first-order chi connectivity index (χ1) is 18.5. The average molecular weight is 602 g/mol. The molecule has 0 N–H and O–H groups in total. The summed E-state index contributed by atoms with van der Waals surface area (Å²) in [6.07, 6.45) is 0. The quantitative estimate of drug-likeness (QED) is 0.211. The largest absolute Gasteiger partial charge is 0.348 e. The Hall–Kier alpha value is -2.53. The van der Waals surface area contributed by atoms with Gasteiger partial charge < -0.3 is 9.80 Å². The summed E-state index contributed by atoms with van der Waals surface area (Å²) >= 11 is 23.7. The van der Waals surface area contributed by atoms with Gasteiger partial charge in [-0.1, -0.05) is 94.9 Å². The van der Waals surface area contributed by atoms with E-state index in [4.69, 9.17) is 46.4 Å². The van der Waals surface area contributed by atoms with E-state index in [-0.39, 0.29) is 11.8 Å². The minimum atomic E-state index is -0.348. The van der Waals surface area contributed by atoms with E-state index >= 15 is 0 Å². The van der Waals surface area contributed by atoms with Gasteiger partial charge in [-0.2, -0.15) is 0 Å². The summed E-state index contributed by atoms with van der Waals surface area (Å²) in [6.45, 7) is 0.948. The normalized spacial score (nSPS) is 10.9. The van der Waals surface area contributed by atoms with E-state index in [2.05, 4.69) is 43.3 Å². The molecule has 4 aromatic carbocycles. The van der Waals surface area contributed by atoms with Crippen molar-refractivity contribution in [2.75, 3.05) is 34.7 Å². The lowest BCUT2D eigenvalue weighted by Crippen LogP contribution is -2.28. The molecule has 1 amide bonds. The van der Waals surface area contributed by atoms with Gasteiger partial charge >= 0.3 is 0 Å². The second-order valence-corrected chi connectivity index (χ2v) is 11.4. The predicted molar refractivity (Wildman–Crippen MR) is 167 cm³/mol. The molecule has 7 heteroatoms. The van der Waals surface area contributed by atoms with Crippen molar-refractivity contribution in [3.8, 4) is 0 Å². The van der Waals surface area contributed by atoms with Crippen molar-refractivity contribution in [2.24, 2.45) is 0 Å². The molecule has 0 aliphatic heterocycles. The summed E-state index contributed by atoms with van der Waals surface area (Å²) in [7, 11) is 7.67. The molecular weight excluding hydrogens is 570 g/mol. The second-order valence-electron chi connectivity index (χ2n) is 9.69. The number of nitrogens with zero attached hydrogens (tertiary/aromatic N) is 2. The summed E-state index contributed by atoms with van der Waals surface area (Å²) in [6, 6.07) is 30.8. The fraction of sp³-hybridized carbons (Fsp3) is 0.219. The Kier molecular flexibility index (Phi) is 11.7. The van der Waals surface area contributed by atoms with Gasteiger partial charge in [0.25, 0.3) is 0 Å². The van der Waals surface area contributed by atoms with Crippen molar-refractivity contribution in [2.45, 2.75) is 11.8 Å². The zero-order valence-electron chi connectivity index (χ0n) is 22.4. The molecule has 39 heavy (non-hydrogen) atoms. The van der Waals surface area contributed by atoms with E-state index in [1.807, 2.05) is 48.5 Å². The lowest BCUT2D eigenvalue weighted by atomic mass is 9.90. The molecule has 4 rings (SSSR count). The first-order valence-electron chi connectivity index (χ1n) is 12.4. The van der Waals surface area contributed by atoms with E-state index in [9.17, 15) is 4.79 Å². The Morgan fingerprint density at radius 1 is 0.538 bits per heavy atom. The third-order valence-corrected chi connectivity index (χ3v) is 7.19. The molecule has 0 aliphatic carbocycles. The van der Waals surface area contributed by atoms with Gasteiger partial charge in [-0.3, -0.25) is 4.79 Å². The average Bonchev–Trinajstić information content (AvgIpc) is 2.91. The summed E-state index contributed by atoms with van der Waals surface area (Å²) in [5, 5.41) is 2.84. The van der Waals surface area contributed by atoms with Crippen LogP contribution in [0.1, 0.15) is 34.1 Å². The molecule has 0 unspecified atom stereocenters. The SMILES string of the molecule is CN(C)C(=O)C(c1ccc(Cl)cc1)c1ccc(Cl)cc1.CN(C)CC(c1ccc(Cl)cc1)c1ccc(Cl)cc1. The number of hydrogen-bond acceptors (Lipinski definition) is 2. The minimum absolute atomic E-state index is 0.0228. The van der Waals surface area contributed by atoms with E-state index in [0.717, 1.165) is 27.7 Å². The zero-order valence-corrected chi connectivity index (χ0v) is 25.4. The first-order valence-corrected chi connectivity index (χ1v) is 13.9. The smallest absolute Gasteiger partial charge is 0.234 e. The first kappa shape index (κ1) is 31.0. The number of carbonyl (C=O) groups excluding carboxylic acids is 1. The standard InChI is InChI=1S/C16H15Cl2NO.C16H17Cl2N/c1-19(2)16(20)15(11-3-7-13(17)8-4-11)12-5-9-14(18)10-6-12;1-19(2)11-16(12-3-7-14(17)8-4-12)13-5-9-15(18)10-6-13/h3-10,15H,1-2H3;3-10,16H,11H2,1-2H3. The number of benzene rings is 4. The van der Waals surface area contributed by atoms with Crippen LogP contribution in [0, 0.1) is 0 Å². The van der Waals surface area contributed by atoms with E-state index in [1.54, 1.807) is 43.3 Å². The number of rotatable bonds is 7. The summed E-state index contributed by atoms with van der Waals surface area (Å²) in [4.78, 5) is 16.3. The highest BCUT2D eigenvalue weighted by Gasteiger charge is 2.24. The minimum Gasteiger partial charge on any atom is -0.348 e. The Labute approximate surface area is 251 Å². The molecule has 0 saturated carbocycles. The molecule has 0 radical (unpaired) electrons. The maximum Gasteiger partial charge on any atom is 0.234 e. The van der Waals surface area contributed by atoms with E-state index in [1.165, 1.54) is 11.1 Å². The molecule has 0 spiro atoms. The molecule has 0 aliphatic rings. The number of hydrogen-bond donors (Lipinski definition) is 0. The van der Waals surface area contributed by atoms with Gasteiger partial charge in [0, 0.05) is 46.6 Å². The van der Waals surface area contributed by atoms with Crippen LogP contribution in [-0.2, 0) is 4.79 Å². The van der Waals surface area contributed by atoms with Crippen LogP contribution in [0.25, 0.3) is 0 Å². The highest BCUT2D eigenvalue weighted by molar-refractivity contribution is 6.31. The third kappa shape index (κ3) is 9.27. The zero-order chi connectivity index (χ0) is 28.5. The number of amides is 1. The summed E-state index contributed by atoms with van der Waals surface area (Å²) in [5.41, 5.74) is 4.35. The monoisotopic (exact) mass is 600 g/mol. The molecule has 0 saturated heterocycles. The lowest BCUT2D eigenvalue weighted by molar-refractivity contribution is -0.129. The van der Waals surface area contributed by atoms with Gasteiger partial charge in [0.05, 0.1) is 5.92 Å².